The molecule has 112 valence electrons. The lowest BCUT2D eigenvalue weighted by Crippen LogP contribution is -2.34. The number of aromatic nitrogens is 1. The number of rotatable bonds is 5. The van der Waals surface area contributed by atoms with E-state index in [0.29, 0.717) is 10.6 Å². The van der Waals surface area contributed by atoms with E-state index in [4.69, 9.17) is 11.6 Å². The van der Waals surface area contributed by atoms with Crippen molar-refractivity contribution in [2.45, 2.75) is 0 Å². The lowest BCUT2D eigenvalue weighted by atomic mass is 10.2. The van der Waals surface area contributed by atoms with E-state index in [1.165, 1.54) is 18.6 Å². The first-order valence-corrected chi connectivity index (χ1v) is 6.78. The van der Waals surface area contributed by atoms with E-state index in [0.717, 1.165) is 5.56 Å². The van der Waals surface area contributed by atoms with E-state index in [1.807, 2.05) is 0 Å². The highest BCUT2D eigenvalue weighted by Crippen LogP contribution is 2.07. The fraction of sp³-hybridized carbons (Fsp3) is 0.0667. The number of amides is 2. The van der Waals surface area contributed by atoms with Crippen LogP contribution in [-0.2, 0) is 4.79 Å². The number of pyridine rings is 1. The van der Waals surface area contributed by atoms with Crippen molar-refractivity contribution in [3.63, 3.8) is 0 Å². The molecular formula is C15H13ClN4O2. The Morgan fingerprint density at radius 3 is 2.50 bits per heavy atom. The standard InChI is InChI=1S/C15H13ClN4O2/c16-13-3-1-11(2-4-13)9-19-20-14(21)10-18-15(22)12-5-7-17-8-6-12/h1-9H,10H2,(H,18,22)(H,20,21). The highest BCUT2D eigenvalue weighted by molar-refractivity contribution is 6.30. The van der Waals surface area contributed by atoms with Gasteiger partial charge in [0.2, 0.25) is 0 Å². The average Bonchev–Trinajstić information content (AvgIpc) is 2.55. The maximum atomic E-state index is 11.7. The molecule has 0 saturated carbocycles. The molecule has 0 unspecified atom stereocenters. The second-order valence-electron chi connectivity index (χ2n) is 4.26. The van der Waals surface area contributed by atoms with Crippen molar-refractivity contribution in [3.05, 3.63) is 64.9 Å². The molecule has 2 aromatic rings. The van der Waals surface area contributed by atoms with Crippen LogP contribution in [0.1, 0.15) is 15.9 Å². The summed E-state index contributed by atoms with van der Waals surface area (Å²) in [6.45, 7) is -0.168. The first-order chi connectivity index (χ1) is 10.6. The summed E-state index contributed by atoms with van der Waals surface area (Å²) < 4.78 is 0. The number of nitrogens with zero attached hydrogens (tertiary/aromatic N) is 2. The summed E-state index contributed by atoms with van der Waals surface area (Å²) in [5, 5.41) is 6.90. The van der Waals surface area contributed by atoms with Crippen molar-refractivity contribution >= 4 is 29.6 Å². The number of nitrogens with one attached hydrogen (secondary N) is 2. The van der Waals surface area contributed by atoms with Crippen molar-refractivity contribution < 1.29 is 9.59 Å². The first-order valence-electron chi connectivity index (χ1n) is 6.41. The van der Waals surface area contributed by atoms with Crippen molar-refractivity contribution in [3.8, 4) is 0 Å². The number of hydrogen-bond acceptors (Lipinski definition) is 4. The molecule has 2 N–H and O–H groups in total. The van der Waals surface area contributed by atoms with Gasteiger partial charge in [-0.25, -0.2) is 5.43 Å². The van der Waals surface area contributed by atoms with E-state index >= 15 is 0 Å². The molecule has 0 saturated heterocycles. The van der Waals surface area contributed by atoms with Crippen LogP contribution < -0.4 is 10.7 Å². The molecule has 2 amide bonds. The van der Waals surface area contributed by atoms with Gasteiger partial charge in [0.25, 0.3) is 11.8 Å². The van der Waals surface area contributed by atoms with Crippen LogP contribution in [0.2, 0.25) is 5.02 Å². The minimum atomic E-state index is -0.424. The number of carbonyl (C=O) groups is 2. The molecule has 0 atom stereocenters. The van der Waals surface area contributed by atoms with Crippen LogP contribution in [0.4, 0.5) is 0 Å². The van der Waals surface area contributed by atoms with Crippen molar-refractivity contribution in [1.29, 1.82) is 0 Å². The summed E-state index contributed by atoms with van der Waals surface area (Å²) in [6, 6.07) is 10.1. The van der Waals surface area contributed by atoms with Crippen molar-refractivity contribution in [2.75, 3.05) is 6.54 Å². The van der Waals surface area contributed by atoms with Gasteiger partial charge in [-0.1, -0.05) is 23.7 Å². The third kappa shape index (κ3) is 4.99. The normalized spacial score (nSPS) is 10.4. The quantitative estimate of drug-likeness (QED) is 0.649. The Kier molecular flexibility index (Phi) is 5.62. The Hall–Kier alpha value is -2.73. The molecule has 1 heterocycles. The molecule has 0 aliphatic rings. The molecule has 22 heavy (non-hydrogen) atoms. The molecule has 7 heteroatoms. The SMILES string of the molecule is O=C(CNC(=O)c1ccncc1)NN=Cc1ccc(Cl)cc1. The van der Waals surface area contributed by atoms with Crippen LogP contribution in [0.25, 0.3) is 0 Å². The number of carbonyl (C=O) groups excluding carboxylic acids is 2. The summed E-state index contributed by atoms with van der Waals surface area (Å²) in [6.07, 6.45) is 4.50. The summed E-state index contributed by atoms with van der Waals surface area (Å²) in [5.41, 5.74) is 3.56. The van der Waals surface area contributed by atoms with E-state index in [-0.39, 0.29) is 12.5 Å². The maximum Gasteiger partial charge on any atom is 0.259 e. The van der Waals surface area contributed by atoms with Gasteiger partial charge in [-0.3, -0.25) is 14.6 Å². The van der Waals surface area contributed by atoms with E-state index in [1.54, 1.807) is 36.4 Å². The fourth-order valence-corrected chi connectivity index (χ4v) is 1.66. The molecule has 2 rings (SSSR count). The molecule has 1 aromatic carbocycles. The second-order valence-corrected chi connectivity index (χ2v) is 4.70. The zero-order chi connectivity index (χ0) is 15.8. The summed E-state index contributed by atoms with van der Waals surface area (Å²) in [7, 11) is 0. The largest absolute Gasteiger partial charge is 0.343 e. The van der Waals surface area contributed by atoms with Crippen molar-refractivity contribution in [2.24, 2.45) is 5.10 Å². The lowest BCUT2D eigenvalue weighted by Gasteiger charge is -2.03. The molecule has 0 aliphatic carbocycles. The van der Waals surface area contributed by atoms with Crippen LogP contribution in [0.15, 0.2) is 53.9 Å². The monoisotopic (exact) mass is 316 g/mol. The molecular weight excluding hydrogens is 304 g/mol. The highest BCUT2D eigenvalue weighted by atomic mass is 35.5. The van der Waals surface area contributed by atoms with E-state index in [9.17, 15) is 9.59 Å². The first kappa shape index (κ1) is 15.7. The van der Waals surface area contributed by atoms with Gasteiger partial charge in [0.1, 0.15) is 0 Å². The van der Waals surface area contributed by atoms with Gasteiger partial charge in [-0.05, 0) is 29.8 Å². The van der Waals surface area contributed by atoms with Gasteiger partial charge in [0, 0.05) is 23.0 Å². The van der Waals surface area contributed by atoms with Crippen LogP contribution in [0.3, 0.4) is 0 Å². The van der Waals surface area contributed by atoms with Crippen LogP contribution in [0.5, 0.6) is 0 Å². The van der Waals surface area contributed by atoms with Gasteiger partial charge < -0.3 is 5.32 Å². The summed E-state index contributed by atoms with van der Waals surface area (Å²) in [5.74, 6) is -0.771. The Morgan fingerprint density at radius 2 is 1.82 bits per heavy atom. The Balaban J connectivity index is 1.76. The predicted molar refractivity (Wildman–Crippen MR) is 83.8 cm³/mol. The lowest BCUT2D eigenvalue weighted by molar-refractivity contribution is -0.120. The van der Waals surface area contributed by atoms with Gasteiger partial charge in [-0.2, -0.15) is 5.10 Å². The zero-order valence-corrected chi connectivity index (χ0v) is 12.2. The van der Waals surface area contributed by atoms with Gasteiger partial charge in [0.05, 0.1) is 12.8 Å². The molecule has 1 aromatic heterocycles. The van der Waals surface area contributed by atoms with Crippen LogP contribution >= 0.6 is 11.6 Å². The third-order valence-electron chi connectivity index (χ3n) is 2.62. The fourth-order valence-electron chi connectivity index (χ4n) is 1.53. The predicted octanol–water partition coefficient (Wildman–Crippen LogP) is 1.62. The van der Waals surface area contributed by atoms with Crippen molar-refractivity contribution in [1.82, 2.24) is 15.7 Å². The molecule has 0 aliphatic heterocycles. The Bertz CT molecular complexity index is 672. The number of hydrazone groups is 1. The molecule has 0 spiro atoms. The van der Waals surface area contributed by atoms with Gasteiger partial charge in [-0.15, -0.1) is 0 Å². The van der Waals surface area contributed by atoms with E-state index < -0.39 is 5.91 Å². The minimum Gasteiger partial charge on any atom is -0.343 e. The zero-order valence-electron chi connectivity index (χ0n) is 11.5. The molecule has 0 bridgehead atoms. The summed E-state index contributed by atoms with van der Waals surface area (Å²) in [4.78, 5) is 27.1. The maximum absolute atomic E-state index is 11.7. The van der Waals surface area contributed by atoms with E-state index in [2.05, 4.69) is 20.8 Å². The van der Waals surface area contributed by atoms with Crippen LogP contribution in [-0.4, -0.2) is 29.6 Å². The number of hydrogen-bond donors (Lipinski definition) is 2. The molecule has 0 radical (unpaired) electrons. The smallest absolute Gasteiger partial charge is 0.259 e. The Labute approximate surface area is 132 Å². The van der Waals surface area contributed by atoms with Gasteiger partial charge in [0.15, 0.2) is 0 Å². The average molecular weight is 317 g/mol. The highest BCUT2D eigenvalue weighted by Gasteiger charge is 2.06. The molecule has 0 fully saturated rings. The topological polar surface area (TPSA) is 83.5 Å². The molecule has 6 nitrogen and oxygen atoms in total. The third-order valence-corrected chi connectivity index (χ3v) is 2.88. The van der Waals surface area contributed by atoms with Gasteiger partial charge >= 0.3 is 0 Å². The number of benzene rings is 1. The summed E-state index contributed by atoms with van der Waals surface area (Å²) >= 11 is 5.76. The Morgan fingerprint density at radius 1 is 1.14 bits per heavy atom. The second kappa shape index (κ2) is 7.90. The number of halogens is 1. The minimum absolute atomic E-state index is 0.168. The van der Waals surface area contributed by atoms with Crippen LogP contribution in [0, 0.1) is 0 Å².